The maximum Gasteiger partial charge on any atom is 0.417 e. The summed E-state index contributed by atoms with van der Waals surface area (Å²) in [6.07, 6.45) is -3.32. The number of nitrogens with zero attached hydrogens (tertiary/aromatic N) is 3. The fourth-order valence-electron chi connectivity index (χ4n) is 1.50. The van der Waals surface area contributed by atoms with Crippen LogP contribution in [0.2, 0.25) is 0 Å². The van der Waals surface area contributed by atoms with Crippen molar-refractivity contribution in [1.82, 2.24) is 9.97 Å². The highest BCUT2D eigenvalue weighted by Crippen LogP contribution is 2.34. The molecule has 0 bridgehead atoms. The van der Waals surface area contributed by atoms with Gasteiger partial charge in [0.2, 0.25) is 0 Å². The van der Waals surface area contributed by atoms with Crippen LogP contribution in [0.25, 0.3) is 0 Å². The average molecular weight is 343 g/mol. The Labute approximate surface area is 120 Å². The molecular weight excluding hydrogens is 337 g/mol. The number of alkyl halides is 3. The van der Waals surface area contributed by atoms with Gasteiger partial charge >= 0.3 is 6.18 Å². The van der Waals surface area contributed by atoms with Crippen molar-refractivity contribution in [1.29, 1.82) is 5.26 Å². The quantitative estimate of drug-likeness (QED) is 0.841. The van der Waals surface area contributed by atoms with E-state index in [9.17, 15) is 13.2 Å². The predicted molar refractivity (Wildman–Crippen MR) is 69.2 cm³/mol. The molecule has 0 aliphatic rings. The Morgan fingerprint density at radius 1 is 1.20 bits per heavy atom. The van der Waals surface area contributed by atoms with Gasteiger partial charge in [-0.3, -0.25) is 0 Å². The summed E-state index contributed by atoms with van der Waals surface area (Å²) in [6.45, 7) is 0. The van der Waals surface area contributed by atoms with E-state index in [0.29, 0.717) is 10.4 Å². The topological polar surface area (TPSA) is 61.6 Å². The normalized spacial score (nSPS) is 10.9. The number of hydrogen-bond donors (Lipinski definition) is 1. The van der Waals surface area contributed by atoms with Crippen LogP contribution in [-0.2, 0) is 6.18 Å². The van der Waals surface area contributed by atoms with E-state index in [0.717, 1.165) is 12.1 Å². The van der Waals surface area contributed by atoms with Crippen molar-refractivity contribution in [2.75, 3.05) is 5.32 Å². The molecule has 0 amide bonds. The summed E-state index contributed by atoms with van der Waals surface area (Å²) in [5.41, 5.74) is -1.23. The van der Waals surface area contributed by atoms with E-state index >= 15 is 0 Å². The third kappa shape index (κ3) is 3.24. The summed E-state index contributed by atoms with van der Waals surface area (Å²) < 4.78 is 38.9. The molecule has 2 aromatic rings. The van der Waals surface area contributed by atoms with E-state index in [4.69, 9.17) is 5.26 Å². The Kier molecular flexibility index (Phi) is 3.90. The fourth-order valence-corrected chi connectivity index (χ4v) is 1.81. The zero-order valence-corrected chi connectivity index (χ0v) is 11.3. The van der Waals surface area contributed by atoms with Gasteiger partial charge in [0.25, 0.3) is 0 Å². The molecule has 1 aromatic heterocycles. The lowest BCUT2D eigenvalue weighted by molar-refractivity contribution is -0.137. The van der Waals surface area contributed by atoms with Gasteiger partial charge in [0.15, 0.2) is 0 Å². The van der Waals surface area contributed by atoms with E-state index in [1.54, 1.807) is 0 Å². The van der Waals surface area contributed by atoms with Gasteiger partial charge in [-0.1, -0.05) is 0 Å². The number of hydrogen-bond acceptors (Lipinski definition) is 4. The molecule has 0 atom stereocenters. The van der Waals surface area contributed by atoms with Crippen LogP contribution >= 0.6 is 15.9 Å². The highest BCUT2D eigenvalue weighted by molar-refractivity contribution is 9.10. The van der Waals surface area contributed by atoms with Gasteiger partial charge in [0.1, 0.15) is 16.7 Å². The van der Waals surface area contributed by atoms with Crippen LogP contribution in [-0.4, -0.2) is 9.97 Å². The van der Waals surface area contributed by atoms with Crippen molar-refractivity contribution in [3.05, 3.63) is 46.3 Å². The summed E-state index contributed by atoms with van der Waals surface area (Å²) in [4.78, 5) is 7.68. The van der Waals surface area contributed by atoms with E-state index in [1.165, 1.54) is 24.5 Å². The fraction of sp³-hybridized carbons (Fsp3) is 0.0833. The Bertz CT molecular complexity index is 679. The van der Waals surface area contributed by atoms with Gasteiger partial charge in [-0.05, 0) is 34.1 Å². The first-order valence-corrected chi connectivity index (χ1v) is 6.05. The van der Waals surface area contributed by atoms with Crippen LogP contribution < -0.4 is 5.32 Å². The molecule has 1 aromatic carbocycles. The Hall–Kier alpha value is -2.14. The molecule has 0 saturated carbocycles. The minimum atomic E-state index is -4.59. The minimum Gasteiger partial charge on any atom is -0.340 e. The molecule has 0 aliphatic heterocycles. The number of halogens is 4. The summed E-state index contributed by atoms with van der Waals surface area (Å²) >= 11 is 3.13. The highest BCUT2D eigenvalue weighted by atomic mass is 79.9. The van der Waals surface area contributed by atoms with Crippen LogP contribution in [0.15, 0.2) is 35.2 Å². The molecule has 0 aliphatic carbocycles. The molecule has 8 heteroatoms. The van der Waals surface area contributed by atoms with E-state index < -0.39 is 17.3 Å². The molecule has 0 spiro atoms. The molecule has 102 valence electrons. The van der Waals surface area contributed by atoms with Crippen LogP contribution in [0.4, 0.5) is 24.7 Å². The lowest BCUT2D eigenvalue weighted by atomic mass is 10.1. The molecular formula is C12H6BrF3N4. The first-order valence-electron chi connectivity index (χ1n) is 5.26. The molecule has 20 heavy (non-hydrogen) atoms. The molecule has 0 saturated heterocycles. The van der Waals surface area contributed by atoms with Crippen LogP contribution in [0, 0.1) is 11.3 Å². The SMILES string of the molecule is N#Cc1ccc(Nc2cc(Br)ncn2)cc1C(F)(F)F. The van der Waals surface area contributed by atoms with Crippen LogP contribution in [0.3, 0.4) is 0 Å². The number of anilines is 2. The second-order valence-corrected chi connectivity index (χ2v) is 4.53. The van der Waals surface area contributed by atoms with Crippen molar-refractivity contribution in [2.45, 2.75) is 6.18 Å². The van der Waals surface area contributed by atoms with Gasteiger partial charge in [-0.2, -0.15) is 18.4 Å². The molecule has 0 radical (unpaired) electrons. The van der Waals surface area contributed by atoms with Crippen molar-refractivity contribution >= 4 is 27.4 Å². The Balaban J connectivity index is 2.37. The first kappa shape index (κ1) is 14.3. The maximum atomic E-state index is 12.8. The lowest BCUT2D eigenvalue weighted by Gasteiger charge is -2.11. The standard InChI is InChI=1S/C12H6BrF3N4/c13-10-4-11(19-6-18-10)20-8-2-1-7(5-17)9(3-8)12(14,15)16/h1-4,6H,(H,18,19,20). The minimum absolute atomic E-state index is 0.182. The summed E-state index contributed by atoms with van der Waals surface area (Å²) in [6, 6.07) is 6.40. The largest absolute Gasteiger partial charge is 0.417 e. The average Bonchev–Trinajstić information content (AvgIpc) is 2.37. The lowest BCUT2D eigenvalue weighted by Crippen LogP contribution is -2.08. The zero-order valence-electron chi connectivity index (χ0n) is 9.74. The number of aromatic nitrogens is 2. The third-order valence-corrected chi connectivity index (χ3v) is 2.79. The van der Waals surface area contributed by atoms with Crippen LogP contribution in [0.1, 0.15) is 11.1 Å². The van der Waals surface area contributed by atoms with E-state index in [2.05, 4.69) is 31.2 Å². The maximum absolute atomic E-state index is 12.8. The van der Waals surface area contributed by atoms with Gasteiger partial charge < -0.3 is 5.32 Å². The zero-order chi connectivity index (χ0) is 14.8. The Morgan fingerprint density at radius 3 is 2.55 bits per heavy atom. The van der Waals surface area contributed by atoms with Gasteiger partial charge in [-0.15, -0.1) is 0 Å². The second-order valence-electron chi connectivity index (χ2n) is 3.72. The number of rotatable bonds is 2. The monoisotopic (exact) mass is 342 g/mol. The van der Waals surface area contributed by atoms with Crippen molar-refractivity contribution < 1.29 is 13.2 Å². The van der Waals surface area contributed by atoms with Gasteiger partial charge in [0.05, 0.1) is 17.2 Å². The third-order valence-electron chi connectivity index (χ3n) is 2.35. The summed E-state index contributed by atoms with van der Waals surface area (Å²) in [5.74, 6) is 0.338. The summed E-state index contributed by atoms with van der Waals surface area (Å²) in [7, 11) is 0. The second kappa shape index (κ2) is 5.46. The predicted octanol–water partition coefficient (Wildman–Crippen LogP) is 3.87. The molecule has 2 rings (SSSR count). The van der Waals surface area contributed by atoms with E-state index in [1.807, 2.05) is 0 Å². The highest BCUT2D eigenvalue weighted by Gasteiger charge is 2.33. The Morgan fingerprint density at radius 2 is 1.95 bits per heavy atom. The van der Waals surface area contributed by atoms with Crippen LogP contribution in [0.5, 0.6) is 0 Å². The van der Waals surface area contributed by atoms with Gasteiger partial charge in [0, 0.05) is 11.8 Å². The molecule has 0 fully saturated rings. The molecule has 1 heterocycles. The summed E-state index contributed by atoms with van der Waals surface area (Å²) in [5, 5.41) is 11.4. The molecule has 1 N–H and O–H groups in total. The number of benzene rings is 1. The molecule has 0 unspecified atom stereocenters. The van der Waals surface area contributed by atoms with E-state index in [-0.39, 0.29) is 5.69 Å². The smallest absolute Gasteiger partial charge is 0.340 e. The molecule has 4 nitrogen and oxygen atoms in total. The first-order chi connectivity index (χ1) is 9.40. The van der Waals surface area contributed by atoms with Crippen molar-refractivity contribution in [2.24, 2.45) is 0 Å². The number of nitrogens with one attached hydrogen (secondary N) is 1. The number of nitriles is 1. The van der Waals surface area contributed by atoms with Crippen molar-refractivity contribution in [3.63, 3.8) is 0 Å². The van der Waals surface area contributed by atoms with Crippen molar-refractivity contribution in [3.8, 4) is 6.07 Å². The van der Waals surface area contributed by atoms with Gasteiger partial charge in [-0.25, -0.2) is 9.97 Å².